The summed E-state index contributed by atoms with van der Waals surface area (Å²) in [6, 6.07) is 0. The van der Waals surface area contributed by atoms with E-state index < -0.39 is 29.9 Å². The molecule has 1 atom stereocenters. The first-order chi connectivity index (χ1) is 13.6. The average molecular weight is 436 g/mol. The van der Waals surface area contributed by atoms with E-state index in [0.717, 1.165) is 11.3 Å². The molecule has 162 valence electrons. The predicted octanol–water partition coefficient (Wildman–Crippen LogP) is 3.23. The van der Waals surface area contributed by atoms with E-state index in [9.17, 15) is 27.6 Å². The van der Waals surface area contributed by atoms with E-state index >= 15 is 0 Å². The molecule has 7 nitrogen and oxygen atoms in total. The fraction of sp³-hybridized carbons (Fsp3) is 0.611. The van der Waals surface area contributed by atoms with Crippen LogP contribution in [0.3, 0.4) is 0 Å². The lowest BCUT2D eigenvalue weighted by molar-refractivity contribution is -0.186. The van der Waals surface area contributed by atoms with E-state index in [2.05, 4.69) is 10.1 Å². The van der Waals surface area contributed by atoms with Gasteiger partial charge in [-0.25, -0.2) is 9.59 Å². The van der Waals surface area contributed by atoms with Crippen molar-refractivity contribution in [3.63, 3.8) is 0 Å². The second kappa shape index (κ2) is 9.57. The van der Waals surface area contributed by atoms with Crippen molar-refractivity contribution in [2.24, 2.45) is 5.92 Å². The number of likely N-dealkylation sites (tertiary alicyclic amines) is 1. The van der Waals surface area contributed by atoms with E-state index in [4.69, 9.17) is 4.74 Å². The molecule has 0 unspecified atom stereocenters. The number of alkyl halides is 3. The quantitative estimate of drug-likeness (QED) is 0.690. The van der Waals surface area contributed by atoms with Crippen molar-refractivity contribution < 1.29 is 37.0 Å². The summed E-state index contributed by atoms with van der Waals surface area (Å²) in [5.74, 6) is -3.22. The molecule has 0 spiro atoms. The Kier molecular flexibility index (Phi) is 7.64. The zero-order valence-corrected chi connectivity index (χ0v) is 17.2. The zero-order valence-electron chi connectivity index (χ0n) is 16.4. The molecule has 2 heterocycles. The Hall–Kier alpha value is -2.14. The molecule has 0 aliphatic carbocycles. The van der Waals surface area contributed by atoms with Gasteiger partial charge in [0.1, 0.15) is 9.88 Å². The van der Waals surface area contributed by atoms with Crippen LogP contribution in [0.15, 0.2) is 0 Å². The number of esters is 2. The zero-order chi connectivity index (χ0) is 21.8. The number of nitrogens with zero attached hydrogens (tertiary/aromatic N) is 1. The first-order valence-corrected chi connectivity index (χ1v) is 9.79. The Morgan fingerprint density at radius 2 is 1.86 bits per heavy atom. The number of piperidine rings is 1. The second-order valence-corrected chi connectivity index (χ2v) is 7.74. The smallest absolute Gasteiger partial charge is 0.393 e. The van der Waals surface area contributed by atoms with Crippen molar-refractivity contribution in [1.82, 2.24) is 4.90 Å². The molecule has 0 aromatic carbocycles. The van der Waals surface area contributed by atoms with Gasteiger partial charge in [0.05, 0.1) is 25.7 Å². The Bertz CT molecular complexity index is 778. The largest absolute Gasteiger partial charge is 0.465 e. The molecule has 1 aromatic rings. The molecule has 1 fully saturated rings. The predicted molar refractivity (Wildman–Crippen MR) is 100 cm³/mol. The van der Waals surface area contributed by atoms with Crippen LogP contribution < -0.4 is 5.32 Å². The summed E-state index contributed by atoms with van der Waals surface area (Å²) in [6.07, 6.45) is -3.77. The van der Waals surface area contributed by atoms with Crippen LogP contribution in [-0.4, -0.2) is 62.8 Å². The lowest BCUT2D eigenvalue weighted by Crippen LogP contribution is -2.42. The number of carbonyl (C=O) groups is 3. The molecule has 0 radical (unpaired) electrons. The summed E-state index contributed by atoms with van der Waals surface area (Å²) in [5, 5.41) is 2.71. The number of anilines is 1. The van der Waals surface area contributed by atoms with Crippen molar-refractivity contribution in [2.45, 2.75) is 32.4 Å². The van der Waals surface area contributed by atoms with Crippen LogP contribution in [0, 0.1) is 12.8 Å². The van der Waals surface area contributed by atoms with E-state index in [1.165, 1.54) is 21.1 Å². The Morgan fingerprint density at radius 3 is 2.45 bits per heavy atom. The van der Waals surface area contributed by atoms with Crippen LogP contribution in [0.1, 0.15) is 44.9 Å². The maximum absolute atomic E-state index is 12.9. The van der Waals surface area contributed by atoms with Crippen molar-refractivity contribution in [3.05, 3.63) is 16.0 Å². The van der Waals surface area contributed by atoms with Gasteiger partial charge in [-0.05, 0) is 31.9 Å². The van der Waals surface area contributed by atoms with Gasteiger partial charge >= 0.3 is 18.1 Å². The Labute approximate surface area is 170 Å². The average Bonchev–Trinajstić information content (AvgIpc) is 3.00. The highest BCUT2D eigenvalue weighted by atomic mass is 32.1. The van der Waals surface area contributed by atoms with E-state index in [-0.39, 0.29) is 41.4 Å². The molecule has 1 aliphatic heterocycles. The standard InChI is InChI=1S/C18H23F3N2O5S/c1-10-13(16(25)27-2)15(29-14(10)17(26)28-3)22-12(24)6-8-23-7-4-5-11(9-23)18(19,20)21/h11H,4-9H2,1-3H3,(H,22,24)/t11-/m1/s1. The minimum atomic E-state index is -4.24. The van der Waals surface area contributed by atoms with Crippen molar-refractivity contribution in [1.29, 1.82) is 0 Å². The minimum absolute atomic E-state index is 0.0459. The molecule has 0 bridgehead atoms. The van der Waals surface area contributed by atoms with Gasteiger partial charge in [-0.15, -0.1) is 11.3 Å². The summed E-state index contributed by atoms with van der Waals surface area (Å²) in [4.78, 5) is 38.0. The normalized spacial score (nSPS) is 17.7. The number of halogens is 3. The van der Waals surface area contributed by atoms with Crippen LogP contribution in [0.2, 0.25) is 0 Å². The molecule has 1 saturated heterocycles. The van der Waals surface area contributed by atoms with Crippen LogP contribution in [0.25, 0.3) is 0 Å². The van der Waals surface area contributed by atoms with Gasteiger partial charge < -0.3 is 19.7 Å². The Balaban J connectivity index is 2.05. The lowest BCUT2D eigenvalue weighted by atomic mass is 9.97. The number of rotatable bonds is 6. The number of methoxy groups -OCH3 is 2. The van der Waals surface area contributed by atoms with Crippen LogP contribution in [0.4, 0.5) is 18.2 Å². The second-order valence-electron chi connectivity index (χ2n) is 6.72. The van der Waals surface area contributed by atoms with Crippen molar-refractivity contribution in [2.75, 3.05) is 39.2 Å². The molecule has 0 saturated carbocycles. The fourth-order valence-corrected chi connectivity index (χ4v) is 4.34. The summed E-state index contributed by atoms with van der Waals surface area (Å²) in [5.41, 5.74) is 0.384. The van der Waals surface area contributed by atoms with E-state index in [1.807, 2.05) is 0 Å². The summed E-state index contributed by atoms with van der Waals surface area (Å²) < 4.78 is 48.1. The first kappa shape index (κ1) is 23.1. The van der Waals surface area contributed by atoms with Gasteiger partial charge in [0.15, 0.2) is 0 Å². The van der Waals surface area contributed by atoms with Crippen LogP contribution in [0.5, 0.6) is 0 Å². The molecule has 1 aromatic heterocycles. The van der Waals surface area contributed by atoms with E-state index in [1.54, 1.807) is 4.90 Å². The highest BCUT2D eigenvalue weighted by molar-refractivity contribution is 7.18. The third-order valence-corrected chi connectivity index (χ3v) is 5.97. The molecule has 1 N–H and O–H groups in total. The van der Waals surface area contributed by atoms with Gasteiger partial charge in [-0.1, -0.05) is 0 Å². The lowest BCUT2D eigenvalue weighted by Gasteiger charge is -2.33. The number of carbonyl (C=O) groups excluding carboxylic acids is 3. The van der Waals surface area contributed by atoms with Gasteiger partial charge in [0.25, 0.3) is 0 Å². The van der Waals surface area contributed by atoms with Crippen molar-refractivity contribution >= 4 is 34.2 Å². The number of thiophene rings is 1. The van der Waals surface area contributed by atoms with Gasteiger partial charge in [-0.3, -0.25) is 4.79 Å². The number of ether oxygens (including phenoxy) is 2. The van der Waals surface area contributed by atoms with Crippen LogP contribution >= 0.6 is 11.3 Å². The van der Waals surface area contributed by atoms with E-state index in [0.29, 0.717) is 18.5 Å². The molecule has 1 aliphatic rings. The number of hydrogen-bond donors (Lipinski definition) is 1. The SMILES string of the molecule is COC(=O)c1sc(NC(=O)CCN2CCC[C@@H](C(F)(F)F)C2)c(C(=O)OC)c1C. The molecular formula is C18H23F3N2O5S. The monoisotopic (exact) mass is 436 g/mol. The molecule has 2 rings (SSSR count). The highest BCUT2D eigenvalue weighted by Gasteiger charge is 2.41. The highest BCUT2D eigenvalue weighted by Crippen LogP contribution is 2.35. The third kappa shape index (κ3) is 5.69. The fourth-order valence-electron chi connectivity index (χ4n) is 3.21. The summed E-state index contributed by atoms with van der Waals surface area (Å²) >= 11 is 0.886. The van der Waals surface area contributed by atoms with Gasteiger partial charge in [0.2, 0.25) is 5.91 Å². The number of hydrogen-bond acceptors (Lipinski definition) is 7. The number of amides is 1. The molecule has 11 heteroatoms. The minimum Gasteiger partial charge on any atom is -0.465 e. The third-order valence-electron chi connectivity index (χ3n) is 4.78. The summed E-state index contributed by atoms with van der Waals surface area (Å²) in [6.45, 7) is 2.07. The first-order valence-electron chi connectivity index (χ1n) is 8.97. The molecule has 1 amide bonds. The van der Waals surface area contributed by atoms with Gasteiger partial charge in [0, 0.05) is 19.5 Å². The maximum atomic E-state index is 12.9. The summed E-state index contributed by atoms with van der Waals surface area (Å²) in [7, 11) is 2.38. The number of nitrogens with one attached hydrogen (secondary N) is 1. The molecular weight excluding hydrogens is 413 g/mol. The van der Waals surface area contributed by atoms with Gasteiger partial charge in [-0.2, -0.15) is 13.2 Å². The van der Waals surface area contributed by atoms with Crippen LogP contribution in [-0.2, 0) is 14.3 Å². The topological polar surface area (TPSA) is 84.9 Å². The molecule has 29 heavy (non-hydrogen) atoms. The van der Waals surface area contributed by atoms with Crippen molar-refractivity contribution in [3.8, 4) is 0 Å². The Morgan fingerprint density at radius 1 is 1.21 bits per heavy atom. The maximum Gasteiger partial charge on any atom is 0.393 e.